The van der Waals surface area contributed by atoms with Crippen LogP contribution in [0.3, 0.4) is 0 Å². The summed E-state index contributed by atoms with van der Waals surface area (Å²) in [6.45, 7) is 1.95. The maximum atomic E-state index is 12.4. The van der Waals surface area contributed by atoms with Gasteiger partial charge in [0.1, 0.15) is 0 Å². The summed E-state index contributed by atoms with van der Waals surface area (Å²) in [4.78, 5) is 0. The van der Waals surface area contributed by atoms with E-state index in [0.29, 0.717) is 12.1 Å². The number of anilines is 1. The summed E-state index contributed by atoms with van der Waals surface area (Å²) in [7, 11) is 0. The summed E-state index contributed by atoms with van der Waals surface area (Å²) < 4.78 is 37.3. The minimum Gasteiger partial charge on any atom is -0.398 e. The molecule has 0 aliphatic heterocycles. The third-order valence-electron chi connectivity index (χ3n) is 2.97. The van der Waals surface area contributed by atoms with Gasteiger partial charge in [-0.2, -0.15) is 13.2 Å². The molecule has 4 heteroatoms. The van der Waals surface area contributed by atoms with Crippen LogP contribution in [-0.2, 0) is 12.6 Å². The second-order valence-electron chi connectivity index (χ2n) is 4.57. The molecular formula is C15H14F3N. The molecule has 0 unspecified atom stereocenters. The summed E-state index contributed by atoms with van der Waals surface area (Å²) in [5.74, 6) is 0. The van der Waals surface area contributed by atoms with Gasteiger partial charge < -0.3 is 5.73 Å². The fourth-order valence-corrected chi connectivity index (χ4v) is 1.92. The van der Waals surface area contributed by atoms with Crippen LogP contribution in [-0.4, -0.2) is 0 Å². The van der Waals surface area contributed by atoms with E-state index in [9.17, 15) is 13.2 Å². The zero-order chi connectivity index (χ0) is 14.0. The minimum absolute atomic E-state index is 0.533. The number of nitrogens with two attached hydrogens (primary N) is 1. The molecule has 0 fully saturated rings. The number of aryl methyl sites for hydroxylation is 1. The maximum absolute atomic E-state index is 12.4. The molecule has 2 rings (SSSR count). The van der Waals surface area contributed by atoms with Gasteiger partial charge in [-0.05, 0) is 42.7 Å². The van der Waals surface area contributed by atoms with E-state index in [1.807, 2.05) is 25.1 Å². The number of halogens is 3. The Balaban J connectivity index is 2.22. The smallest absolute Gasteiger partial charge is 0.398 e. The van der Waals surface area contributed by atoms with E-state index in [1.165, 1.54) is 12.1 Å². The molecule has 100 valence electrons. The Morgan fingerprint density at radius 3 is 2.21 bits per heavy atom. The van der Waals surface area contributed by atoms with Crippen molar-refractivity contribution in [3.8, 4) is 0 Å². The number of benzene rings is 2. The van der Waals surface area contributed by atoms with Crippen molar-refractivity contribution in [2.45, 2.75) is 19.5 Å². The normalized spacial score (nSPS) is 11.6. The number of nitrogen functional groups attached to an aromatic ring is 1. The lowest BCUT2D eigenvalue weighted by Crippen LogP contribution is -2.04. The van der Waals surface area contributed by atoms with E-state index in [1.54, 1.807) is 0 Å². The van der Waals surface area contributed by atoms with Gasteiger partial charge in [0.2, 0.25) is 0 Å². The molecule has 0 saturated carbocycles. The van der Waals surface area contributed by atoms with Crippen molar-refractivity contribution in [2.75, 3.05) is 5.73 Å². The van der Waals surface area contributed by atoms with Crippen molar-refractivity contribution in [3.05, 3.63) is 64.7 Å². The highest BCUT2D eigenvalue weighted by atomic mass is 19.4. The van der Waals surface area contributed by atoms with E-state index in [4.69, 9.17) is 5.73 Å². The first-order valence-electron chi connectivity index (χ1n) is 5.87. The predicted octanol–water partition coefficient (Wildman–Crippen LogP) is 4.19. The molecule has 0 aliphatic rings. The highest BCUT2D eigenvalue weighted by molar-refractivity contribution is 5.50. The van der Waals surface area contributed by atoms with Crippen molar-refractivity contribution in [1.29, 1.82) is 0 Å². The number of hydrogen-bond acceptors (Lipinski definition) is 1. The molecule has 1 nitrogen and oxygen atoms in total. The second-order valence-corrected chi connectivity index (χ2v) is 4.57. The van der Waals surface area contributed by atoms with Crippen LogP contribution in [0, 0.1) is 6.92 Å². The predicted molar refractivity (Wildman–Crippen MR) is 69.8 cm³/mol. The molecule has 0 spiro atoms. The Bertz CT molecular complexity index is 571. The Kier molecular flexibility index (Phi) is 3.51. The van der Waals surface area contributed by atoms with E-state index in [0.717, 1.165) is 28.8 Å². The van der Waals surface area contributed by atoms with Crippen molar-refractivity contribution >= 4 is 5.69 Å². The third kappa shape index (κ3) is 3.28. The summed E-state index contributed by atoms with van der Waals surface area (Å²) in [6, 6.07) is 10.9. The van der Waals surface area contributed by atoms with Gasteiger partial charge in [0.15, 0.2) is 0 Å². The molecule has 0 aromatic heterocycles. The molecule has 0 atom stereocenters. The molecule has 19 heavy (non-hydrogen) atoms. The van der Waals surface area contributed by atoms with E-state index < -0.39 is 11.7 Å². The quantitative estimate of drug-likeness (QED) is 0.810. The summed E-state index contributed by atoms with van der Waals surface area (Å²) in [6.07, 6.45) is -3.76. The number of alkyl halides is 3. The Morgan fingerprint density at radius 2 is 1.63 bits per heavy atom. The highest BCUT2D eigenvalue weighted by Gasteiger charge is 2.29. The average molecular weight is 265 g/mol. The molecule has 0 amide bonds. The lowest BCUT2D eigenvalue weighted by Gasteiger charge is -2.09. The van der Waals surface area contributed by atoms with Gasteiger partial charge in [0.25, 0.3) is 0 Å². The van der Waals surface area contributed by atoms with Crippen molar-refractivity contribution in [3.63, 3.8) is 0 Å². The van der Waals surface area contributed by atoms with Crippen molar-refractivity contribution in [1.82, 2.24) is 0 Å². The first kappa shape index (κ1) is 13.5. The lowest BCUT2D eigenvalue weighted by atomic mass is 10.0. The van der Waals surface area contributed by atoms with Crippen molar-refractivity contribution in [2.24, 2.45) is 0 Å². The molecule has 0 heterocycles. The van der Waals surface area contributed by atoms with Gasteiger partial charge in [-0.25, -0.2) is 0 Å². The first-order chi connectivity index (χ1) is 8.86. The summed E-state index contributed by atoms with van der Waals surface area (Å²) in [5.41, 5.74) is 8.70. The number of rotatable bonds is 2. The van der Waals surface area contributed by atoms with Gasteiger partial charge in [0.05, 0.1) is 5.56 Å². The zero-order valence-corrected chi connectivity index (χ0v) is 10.5. The van der Waals surface area contributed by atoms with Crippen LogP contribution < -0.4 is 5.73 Å². The fraction of sp³-hybridized carbons (Fsp3) is 0.200. The summed E-state index contributed by atoms with van der Waals surface area (Å²) >= 11 is 0. The molecule has 2 aromatic rings. The van der Waals surface area contributed by atoms with Gasteiger partial charge >= 0.3 is 6.18 Å². The number of hydrogen-bond donors (Lipinski definition) is 1. The molecule has 0 saturated heterocycles. The van der Waals surface area contributed by atoms with Gasteiger partial charge in [-0.1, -0.05) is 29.8 Å². The Hall–Kier alpha value is -1.97. The van der Waals surface area contributed by atoms with Crippen LogP contribution in [0.4, 0.5) is 18.9 Å². The molecule has 0 aliphatic carbocycles. The Morgan fingerprint density at radius 1 is 1.00 bits per heavy atom. The standard InChI is InChI=1S/C15H14F3N/c1-10-2-7-14(19)12(8-10)9-11-3-5-13(6-4-11)15(16,17)18/h2-8H,9,19H2,1H3. The lowest BCUT2D eigenvalue weighted by molar-refractivity contribution is -0.137. The molecule has 0 radical (unpaired) electrons. The molecule has 2 N–H and O–H groups in total. The van der Waals surface area contributed by atoms with Gasteiger partial charge in [-0.15, -0.1) is 0 Å². The van der Waals surface area contributed by atoms with E-state index in [-0.39, 0.29) is 0 Å². The first-order valence-corrected chi connectivity index (χ1v) is 5.87. The highest BCUT2D eigenvalue weighted by Crippen LogP contribution is 2.29. The molecule has 0 bridgehead atoms. The van der Waals surface area contributed by atoms with Gasteiger partial charge in [-0.3, -0.25) is 0 Å². The topological polar surface area (TPSA) is 26.0 Å². The van der Waals surface area contributed by atoms with Crippen LogP contribution >= 0.6 is 0 Å². The van der Waals surface area contributed by atoms with Crippen LogP contribution in [0.25, 0.3) is 0 Å². The molecule has 2 aromatic carbocycles. The second kappa shape index (κ2) is 4.96. The zero-order valence-electron chi connectivity index (χ0n) is 10.5. The fourth-order valence-electron chi connectivity index (χ4n) is 1.92. The third-order valence-corrected chi connectivity index (χ3v) is 2.97. The Labute approximate surface area is 109 Å². The van der Waals surface area contributed by atoms with Crippen LogP contribution in [0.15, 0.2) is 42.5 Å². The summed E-state index contributed by atoms with van der Waals surface area (Å²) in [5, 5.41) is 0. The molecular weight excluding hydrogens is 251 g/mol. The largest absolute Gasteiger partial charge is 0.416 e. The van der Waals surface area contributed by atoms with E-state index in [2.05, 4.69) is 0 Å². The van der Waals surface area contributed by atoms with E-state index >= 15 is 0 Å². The van der Waals surface area contributed by atoms with Crippen molar-refractivity contribution < 1.29 is 13.2 Å². The van der Waals surface area contributed by atoms with Crippen LogP contribution in [0.1, 0.15) is 22.3 Å². The minimum atomic E-state index is -4.29. The maximum Gasteiger partial charge on any atom is 0.416 e. The SMILES string of the molecule is Cc1ccc(N)c(Cc2ccc(C(F)(F)F)cc2)c1. The monoisotopic (exact) mass is 265 g/mol. The van der Waals surface area contributed by atoms with Gasteiger partial charge in [0, 0.05) is 5.69 Å². The van der Waals surface area contributed by atoms with Crippen LogP contribution in [0.5, 0.6) is 0 Å². The van der Waals surface area contributed by atoms with Crippen LogP contribution in [0.2, 0.25) is 0 Å². The average Bonchev–Trinajstić information content (AvgIpc) is 2.33.